The first kappa shape index (κ1) is 20.7. The van der Waals surface area contributed by atoms with Gasteiger partial charge in [0.05, 0.1) is 24.3 Å². The fourth-order valence-electron chi connectivity index (χ4n) is 2.06. The van der Waals surface area contributed by atoms with E-state index in [9.17, 15) is 18.4 Å². The molecule has 1 aromatic carbocycles. The van der Waals surface area contributed by atoms with Crippen LogP contribution in [-0.4, -0.2) is 28.6 Å². The van der Waals surface area contributed by atoms with Crippen molar-refractivity contribution >= 4 is 23.3 Å². The van der Waals surface area contributed by atoms with E-state index in [1.54, 1.807) is 13.0 Å². The summed E-state index contributed by atoms with van der Waals surface area (Å²) in [6.45, 7) is 1.41. The second kappa shape index (κ2) is 9.36. The molecule has 0 radical (unpaired) electrons. The van der Waals surface area contributed by atoms with Gasteiger partial charge in [0.15, 0.2) is 11.5 Å². The highest BCUT2D eigenvalue weighted by molar-refractivity contribution is 5.99. The molecule has 2 amide bonds. The SMILES string of the molecule is Cc1ccc(Nc2nc(C#N)c(F)cc2C(=O)NOCCC(=O)NO)c(F)c1. The van der Waals surface area contributed by atoms with Crippen LogP contribution >= 0.6 is 0 Å². The van der Waals surface area contributed by atoms with Gasteiger partial charge in [-0.25, -0.2) is 24.7 Å². The van der Waals surface area contributed by atoms with E-state index in [0.717, 1.165) is 6.07 Å². The van der Waals surface area contributed by atoms with Crippen molar-refractivity contribution in [3.63, 3.8) is 0 Å². The molecule has 0 fully saturated rings. The molecule has 0 saturated carbocycles. The van der Waals surface area contributed by atoms with E-state index < -0.39 is 29.1 Å². The Balaban J connectivity index is 2.25. The van der Waals surface area contributed by atoms with Gasteiger partial charge in [0.1, 0.15) is 17.7 Å². The maximum Gasteiger partial charge on any atom is 0.278 e. The predicted molar refractivity (Wildman–Crippen MR) is 91.3 cm³/mol. The number of anilines is 2. The summed E-state index contributed by atoms with van der Waals surface area (Å²) < 4.78 is 28.0. The number of rotatable bonds is 7. The van der Waals surface area contributed by atoms with Crippen molar-refractivity contribution in [2.45, 2.75) is 13.3 Å². The smallest absolute Gasteiger partial charge is 0.278 e. The van der Waals surface area contributed by atoms with E-state index in [1.165, 1.54) is 23.7 Å². The van der Waals surface area contributed by atoms with E-state index in [2.05, 4.69) is 10.3 Å². The van der Waals surface area contributed by atoms with Crippen molar-refractivity contribution < 1.29 is 28.4 Å². The van der Waals surface area contributed by atoms with Crippen molar-refractivity contribution in [2.75, 3.05) is 11.9 Å². The third-order valence-corrected chi connectivity index (χ3v) is 3.42. The van der Waals surface area contributed by atoms with Crippen LogP contribution in [0.15, 0.2) is 24.3 Å². The van der Waals surface area contributed by atoms with Crippen LogP contribution < -0.4 is 16.3 Å². The molecule has 28 heavy (non-hydrogen) atoms. The summed E-state index contributed by atoms with van der Waals surface area (Å²) >= 11 is 0. The summed E-state index contributed by atoms with van der Waals surface area (Å²) in [4.78, 5) is 31.6. The van der Waals surface area contributed by atoms with Crippen molar-refractivity contribution in [3.8, 4) is 6.07 Å². The van der Waals surface area contributed by atoms with Crippen LogP contribution in [0.5, 0.6) is 0 Å². The molecular weight excluding hydrogens is 376 g/mol. The molecule has 0 bridgehead atoms. The maximum atomic E-state index is 14.1. The number of aryl methyl sites for hydroxylation is 1. The second-order valence-corrected chi connectivity index (χ2v) is 5.50. The Labute approximate surface area is 157 Å². The number of hydrogen-bond acceptors (Lipinski definition) is 7. The second-order valence-electron chi connectivity index (χ2n) is 5.50. The number of nitrogens with one attached hydrogen (secondary N) is 3. The van der Waals surface area contributed by atoms with Gasteiger partial charge >= 0.3 is 0 Å². The van der Waals surface area contributed by atoms with Crippen LogP contribution in [0, 0.1) is 29.9 Å². The van der Waals surface area contributed by atoms with Gasteiger partial charge in [-0.2, -0.15) is 5.26 Å². The number of pyridine rings is 1. The Kier molecular flexibility index (Phi) is 6.91. The van der Waals surface area contributed by atoms with Gasteiger partial charge in [-0.05, 0) is 30.7 Å². The molecular formula is C17H15F2N5O4. The minimum Gasteiger partial charge on any atom is -0.337 e. The van der Waals surface area contributed by atoms with Gasteiger partial charge in [-0.15, -0.1) is 0 Å². The Bertz CT molecular complexity index is 946. The van der Waals surface area contributed by atoms with Crippen LogP contribution in [0.4, 0.5) is 20.3 Å². The summed E-state index contributed by atoms with van der Waals surface area (Å²) in [7, 11) is 0. The quantitative estimate of drug-likeness (QED) is 0.321. The zero-order valence-corrected chi connectivity index (χ0v) is 14.5. The Morgan fingerprint density at radius 1 is 1.29 bits per heavy atom. The van der Waals surface area contributed by atoms with E-state index >= 15 is 0 Å². The van der Waals surface area contributed by atoms with Crippen LogP contribution in [0.2, 0.25) is 0 Å². The number of hydroxylamine groups is 2. The van der Waals surface area contributed by atoms with Crippen molar-refractivity contribution in [2.24, 2.45) is 0 Å². The molecule has 2 rings (SSSR count). The lowest BCUT2D eigenvalue weighted by atomic mass is 10.2. The molecule has 0 aliphatic carbocycles. The van der Waals surface area contributed by atoms with Crippen LogP contribution in [0.25, 0.3) is 0 Å². The molecule has 9 nitrogen and oxygen atoms in total. The number of carbonyl (C=O) groups is 2. The zero-order chi connectivity index (χ0) is 20.7. The number of hydrogen-bond donors (Lipinski definition) is 4. The molecule has 2 aromatic rings. The Morgan fingerprint density at radius 3 is 2.68 bits per heavy atom. The van der Waals surface area contributed by atoms with Crippen molar-refractivity contribution in [3.05, 3.63) is 52.7 Å². The van der Waals surface area contributed by atoms with Gasteiger partial charge < -0.3 is 5.32 Å². The highest BCUT2D eigenvalue weighted by atomic mass is 19.1. The highest BCUT2D eigenvalue weighted by Crippen LogP contribution is 2.24. The molecule has 11 heteroatoms. The van der Waals surface area contributed by atoms with E-state index in [1.807, 2.05) is 5.48 Å². The predicted octanol–water partition coefficient (Wildman–Crippen LogP) is 1.84. The summed E-state index contributed by atoms with van der Waals surface area (Å²) in [5.74, 6) is -3.65. The van der Waals surface area contributed by atoms with Gasteiger partial charge in [0, 0.05) is 0 Å². The van der Waals surface area contributed by atoms with E-state index in [-0.39, 0.29) is 30.1 Å². The Morgan fingerprint density at radius 2 is 2.04 bits per heavy atom. The van der Waals surface area contributed by atoms with Gasteiger partial charge in [-0.3, -0.25) is 19.6 Å². The molecule has 0 unspecified atom stereocenters. The maximum absolute atomic E-state index is 14.1. The molecule has 0 atom stereocenters. The third-order valence-electron chi connectivity index (χ3n) is 3.42. The monoisotopic (exact) mass is 391 g/mol. The van der Waals surface area contributed by atoms with Crippen molar-refractivity contribution in [1.29, 1.82) is 5.26 Å². The first-order valence-corrected chi connectivity index (χ1v) is 7.84. The van der Waals surface area contributed by atoms with Crippen LogP contribution in [0.1, 0.15) is 28.0 Å². The minimum atomic E-state index is -1.05. The lowest BCUT2D eigenvalue weighted by Crippen LogP contribution is -2.28. The van der Waals surface area contributed by atoms with E-state index in [4.69, 9.17) is 15.3 Å². The summed E-state index contributed by atoms with van der Waals surface area (Å²) in [6, 6.07) is 6.53. The molecule has 1 heterocycles. The fraction of sp³-hybridized carbons (Fsp3) is 0.176. The standard InChI is InChI=1S/C17H15F2N5O4/c1-9-2-3-13(11(18)6-9)21-16-10(7-12(19)14(8-20)22-16)17(26)24-28-5-4-15(25)23-27/h2-3,6-7,27H,4-5H2,1H3,(H,21,22)(H,23,25)(H,24,26). The lowest BCUT2D eigenvalue weighted by molar-refractivity contribution is -0.130. The molecule has 0 aliphatic rings. The highest BCUT2D eigenvalue weighted by Gasteiger charge is 2.19. The summed E-state index contributed by atoms with van der Waals surface area (Å²) in [6.07, 6.45) is -0.254. The first-order valence-electron chi connectivity index (χ1n) is 7.84. The molecule has 1 aromatic heterocycles. The Hall–Kier alpha value is -3.62. The van der Waals surface area contributed by atoms with Gasteiger partial charge in [0.2, 0.25) is 5.91 Å². The number of carbonyl (C=O) groups excluding carboxylic acids is 2. The normalized spacial score (nSPS) is 10.1. The molecule has 0 saturated heterocycles. The number of nitriles is 1. The minimum absolute atomic E-state index is 0.0387. The fourth-order valence-corrected chi connectivity index (χ4v) is 2.06. The molecule has 0 aliphatic heterocycles. The number of aromatic nitrogens is 1. The average Bonchev–Trinajstić information content (AvgIpc) is 2.67. The average molecular weight is 391 g/mol. The largest absolute Gasteiger partial charge is 0.337 e. The summed E-state index contributed by atoms with van der Waals surface area (Å²) in [5, 5.41) is 19.9. The zero-order valence-electron chi connectivity index (χ0n) is 14.5. The topological polar surface area (TPSA) is 136 Å². The van der Waals surface area contributed by atoms with Crippen LogP contribution in [-0.2, 0) is 9.63 Å². The van der Waals surface area contributed by atoms with Crippen molar-refractivity contribution in [1.82, 2.24) is 15.9 Å². The van der Waals surface area contributed by atoms with Crippen LogP contribution in [0.3, 0.4) is 0 Å². The van der Waals surface area contributed by atoms with Gasteiger partial charge in [0.25, 0.3) is 5.91 Å². The van der Waals surface area contributed by atoms with Gasteiger partial charge in [-0.1, -0.05) is 6.07 Å². The number of amides is 2. The summed E-state index contributed by atoms with van der Waals surface area (Å²) in [5.41, 5.74) is 3.02. The number of nitrogens with zero attached hydrogens (tertiary/aromatic N) is 2. The number of benzene rings is 1. The lowest BCUT2D eigenvalue weighted by Gasteiger charge is -2.13. The third kappa shape index (κ3) is 5.19. The first-order chi connectivity index (χ1) is 13.3. The number of halogens is 2. The molecule has 0 spiro atoms. The molecule has 146 valence electrons. The molecule has 4 N–H and O–H groups in total. The van der Waals surface area contributed by atoms with E-state index in [0.29, 0.717) is 5.56 Å².